The SMILES string of the molecule is CC1CCCC(C)N1C(=O)c1cc([N+](=O)[O-])cc(Cl)c1N. The molecule has 0 bridgehead atoms. The Morgan fingerprint density at radius 2 is 1.95 bits per heavy atom. The lowest BCUT2D eigenvalue weighted by Crippen LogP contribution is -2.47. The number of nitro benzene ring substituents is 1. The molecule has 2 atom stereocenters. The molecule has 2 rings (SSSR count). The van der Waals surface area contributed by atoms with Crippen LogP contribution in [0.5, 0.6) is 0 Å². The molecule has 0 aliphatic carbocycles. The molecule has 0 aromatic heterocycles. The van der Waals surface area contributed by atoms with Crippen LogP contribution >= 0.6 is 11.6 Å². The molecular weight excluding hydrogens is 294 g/mol. The van der Waals surface area contributed by atoms with E-state index in [1.807, 2.05) is 13.8 Å². The van der Waals surface area contributed by atoms with E-state index in [0.29, 0.717) is 0 Å². The van der Waals surface area contributed by atoms with Crippen molar-refractivity contribution in [1.29, 1.82) is 0 Å². The number of nitrogen functional groups attached to an aromatic ring is 1. The third-order valence-corrected chi connectivity index (χ3v) is 4.30. The van der Waals surface area contributed by atoms with Crippen LogP contribution in [0.2, 0.25) is 5.02 Å². The second-order valence-corrected chi connectivity index (χ2v) is 5.89. The molecule has 1 aromatic carbocycles. The van der Waals surface area contributed by atoms with Crippen LogP contribution in [-0.2, 0) is 0 Å². The van der Waals surface area contributed by atoms with Gasteiger partial charge in [-0.3, -0.25) is 14.9 Å². The van der Waals surface area contributed by atoms with Gasteiger partial charge in [0.1, 0.15) is 0 Å². The Morgan fingerprint density at radius 1 is 1.38 bits per heavy atom. The summed E-state index contributed by atoms with van der Waals surface area (Å²) in [6.07, 6.45) is 2.90. The van der Waals surface area contributed by atoms with Gasteiger partial charge in [-0.1, -0.05) is 11.6 Å². The number of carbonyl (C=O) groups is 1. The standard InChI is InChI=1S/C14H18ClN3O3/c1-8-4-3-5-9(2)17(8)14(19)11-6-10(18(20)21)7-12(15)13(11)16/h6-9H,3-5,16H2,1-2H3. The van der Waals surface area contributed by atoms with E-state index < -0.39 is 4.92 Å². The number of amides is 1. The highest BCUT2D eigenvalue weighted by molar-refractivity contribution is 6.34. The number of likely N-dealkylation sites (tertiary alicyclic amines) is 1. The molecule has 1 amide bonds. The summed E-state index contributed by atoms with van der Waals surface area (Å²) in [6.45, 7) is 3.95. The van der Waals surface area contributed by atoms with Gasteiger partial charge in [-0.05, 0) is 33.1 Å². The van der Waals surface area contributed by atoms with Gasteiger partial charge in [0.25, 0.3) is 11.6 Å². The lowest BCUT2D eigenvalue weighted by Gasteiger charge is -2.39. The van der Waals surface area contributed by atoms with Crippen LogP contribution < -0.4 is 5.73 Å². The fraction of sp³-hybridized carbons (Fsp3) is 0.500. The van der Waals surface area contributed by atoms with Crippen LogP contribution in [0.15, 0.2) is 12.1 Å². The first-order valence-electron chi connectivity index (χ1n) is 6.89. The number of carbonyl (C=O) groups excluding carboxylic acids is 1. The van der Waals surface area contributed by atoms with Crippen molar-refractivity contribution in [2.75, 3.05) is 5.73 Å². The highest BCUT2D eigenvalue weighted by atomic mass is 35.5. The molecule has 1 saturated heterocycles. The summed E-state index contributed by atoms with van der Waals surface area (Å²) in [6, 6.07) is 2.53. The maximum atomic E-state index is 12.7. The van der Waals surface area contributed by atoms with Crippen molar-refractivity contribution in [2.24, 2.45) is 0 Å². The summed E-state index contributed by atoms with van der Waals surface area (Å²) in [5.74, 6) is -0.294. The quantitative estimate of drug-likeness (QED) is 0.516. The number of halogens is 1. The van der Waals surface area contributed by atoms with Crippen molar-refractivity contribution in [3.8, 4) is 0 Å². The van der Waals surface area contributed by atoms with Crippen LogP contribution in [0.1, 0.15) is 43.5 Å². The predicted molar refractivity (Wildman–Crippen MR) is 81.5 cm³/mol. The highest BCUT2D eigenvalue weighted by Gasteiger charge is 2.32. The third kappa shape index (κ3) is 2.95. The Hall–Kier alpha value is -1.82. The molecule has 2 N–H and O–H groups in total. The fourth-order valence-electron chi connectivity index (χ4n) is 2.85. The second kappa shape index (κ2) is 5.89. The first kappa shape index (κ1) is 15.6. The number of anilines is 1. The summed E-state index contributed by atoms with van der Waals surface area (Å²) in [4.78, 5) is 24.8. The summed E-state index contributed by atoms with van der Waals surface area (Å²) in [7, 11) is 0. The van der Waals surface area contributed by atoms with Gasteiger partial charge < -0.3 is 10.6 Å². The minimum Gasteiger partial charge on any atom is -0.397 e. The topological polar surface area (TPSA) is 89.5 Å². The molecule has 1 aliphatic heterocycles. The molecule has 0 radical (unpaired) electrons. The van der Waals surface area contributed by atoms with E-state index in [4.69, 9.17) is 17.3 Å². The van der Waals surface area contributed by atoms with Crippen LogP contribution in [0.4, 0.5) is 11.4 Å². The number of hydrogen-bond donors (Lipinski definition) is 1. The molecule has 7 heteroatoms. The zero-order valence-electron chi connectivity index (χ0n) is 12.0. The van der Waals surface area contributed by atoms with Gasteiger partial charge in [0, 0.05) is 24.2 Å². The maximum absolute atomic E-state index is 12.7. The van der Waals surface area contributed by atoms with E-state index in [2.05, 4.69) is 0 Å². The van der Waals surface area contributed by atoms with Crippen molar-refractivity contribution >= 4 is 28.9 Å². The lowest BCUT2D eigenvalue weighted by molar-refractivity contribution is -0.384. The Kier molecular flexibility index (Phi) is 4.37. The monoisotopic (exact) mass is 311 g/mol. The van der Waals surface area contributed by atoms with Crippen LogP contribution in [-0.4, -0.2) is 27.8 Å². The lowest BCUT2D eigenvalue weighted by atomic mass is 9.96. The molecule has 1 aromatic rings. The minimum absolute atomic E-state index is 0.0323. The summed E-state index contributed by atoms with van der Waals surface area (Å²) in [5.41, 5.74) is 5.82. The summed E-state index contributed by atoms with van der Waals surface area (Å²) in [5, 5.41) is 11.0. The number of rotatable bonds is 2. The Labute approximate surface area is 128 Å². The zero-order valence-corrected chi connectivity index (χ0v) is 12.8. The predicted octanol–water partition coefficient (Wildman–Crippen LogP) is 3.23. The third-order valence-electron chi connectivity index (χ3n) is 3.98. The molecule has 1 fully saturated rings. The van der Waals surface area contributed by atoms with Gasteiger partial charge in [0.05, 0.1) is 21.2 Å². The molecule has 0 spiro atoms. The van der Waals surface area contributed by atoms with E-state index in [-0.39, 0.29) is 40.0 Å². The highest BCUT2D eigenvalue weighted by Crippen LogP contribution is 2.32. The van der Waals surface area contributed by atoms with Crippen molar-refractivity contribution < 1.29 is 9.72 Å². The van der Waals surface area contributed by atoms with Crippen molar-refractivity contribution in [1.82, 2.24) is 4.90 Å². The van der Waals surface area contributed by atoms with E-state index in [1.54, 1.807) is 4.90 Å². The van der Waals surface area contributed by atoms with Crippen molar-refractivity contribution in [2.45, 2.75) is 45.2 Å². The van der Waals surface area contributed by atoms with Gasteiger partial charge in [-0.25, -0.2) is 0 Å². The molecule has 114 valence electrons. The first-order valence-corrected chi connectivity index (χ1v) is 7.26. The van der Waals surface area contributed by atoms with Gasteiger partial charge in [0.15, 0.2) is 0 Å². The molecule has 2 unspecified atom stereocenters. The van der Waals surface area contributed by atoms with Gasteiger partial charge >= 0.3 is 0 Å². The normalized spacial score (nSPS) is 22.1. The number of nitrogens with two attached hydrogens (primary N) is 1. The van der Waals surface area contributed by atoms with Gasteiger partial charge in [0.2, 0.25) is 0 Å². The number of nitro groups is 1. The summed E-state index contributed by atoms with van der Waals surface area (Å²) >= 11 is 5.92. The maximum Gasteiger partial charge on any atom is 0.271 e. The average molecular weight is 312 g/mol. The van der Waals surface area contributed by atoms with Gasteiger partial charge in [-0.2, -0.15) is 0 Å². The van der Waals surface area contributed by atoms with Gasteiger partial charge in [-0.15, -0.1) is 0 Å². The number of hydrogen-bond acceptors (Lipinski definition) is 4. The van der Waals surface area contributed by atoms with Crippen LogP contribution in [0.25, 0.3) is 0 Å². The number of benzene rings is 1. The molecule has 0 saturated carbocycles. The van der Waals surface area contributed by atoms with Crippen LogP contribution in [0, 0.1) is 10.1 Å². The van der Waals surface area contributed by atoms with Crippen LogP contribution in [0.3, 0.4) is 0 Å². The van der Waals surface area contributed by atoms with E-state index in [0.717, 1.165) is 25.3 Å². The minimum atomic E-state index is -0.578. The molecular formula is C14H18ClN3O3. The number of non-ortho nitro benzene ring substituents is 1. The summed E-state index contributed by atoms with van der Waals surface area (Å²) < 4.78 is 0. The fourth-order valence-corrected chi connectivity index (χ4v) is 3.06. The molecule has 6 nitrogen and oxygen atoms in total. The number of piperidine rings is 1. The smallest absolute Gasteiger partial charge is 0.271 e. The van der Waals surface area contributed by atoms with Crippen molar-refractivity contribution in [3.05, 3.63) is 32.8 Å². The van der Waals surface area contributed by atoms with E-state index >= 15 is 0 Å². The molecule has 21 heavy (non-hydrogen) atoms. The Morgan fingerprint density at radius 3 is 2.48 bits per heavy atom. The largest absolute Gasteiger partial charge is 0.397 e. The Balaban J connectivity index is 2.45. The van der Waals surface area contributed by atoms with Crippen molar-refractivity contribution in [3.63, 3.8) is 0 Å². The molecule has 1 heterocycles. The average Bonchev–Trinajstić information content (AvgIpc) is 2.41. The second-order valence-electron chi connectivity index (χ2n) is 5.49. The van der Waals surface area contributed by atoms with E-state index in [9.17, 15) is 14.9 Å². The first-order chi connectivity index (χ1) is 9.82. The van der Waals surface area contributed by atoms with E-state index in [1.165, 1.54) is 6.07 Å². The zero-order chi connectivity index (χ0) is 15.7. The Bertz CT molecular complexity index is 581. The molecule has 1 aliphatic rings. The number of nitrogens with zero attached hydrogens (tertiary/aromatic N) is 2.